The first kappa shape index (κ1) is 15.3. The lowest BCUT2D eigenvalue weighted by Crippen LogP contribution is -2.62. The Bertz CT molecular complexity index is 739. The molecule has 1 aromatic rings. The number of hydrogen-bond acceptors (Lipinski definition) is 3. The van der Waals surface area contributed by atoms with Crippen LogP contribution in [0.2, 0.25) is 0 Å². The highest BCUT2D eigenvalue weighted by Crippen LogP contribution is 2.16. The molecular formula is C18H17FN2O2. The number of hydrogen-bond donors (Lipinski definition) is 2. The van der Waals surface area contributed by atoms with Crippen molar-refractivity contribution >= 4 is 5.91 Å². The van der Waals surface area contributed by atoms with Gasteiger partial charge in [0.15, 0.2) is 0 Å². The number of dihydropyridines is 1. The molecule has 0 spiro atoms. The second kappa shape index (κ2) is 6.27. The maximum Gasteiger partial charge on any atom is 0.247 e. The highest BCUT2D eigenvalue weighted by Gasteiger charge is 2.36. The Morgan fingerprint density at radius 3 is 2.87 bits per heavy atom. The van der Waals surface area contributed by atoms with E-state index in [0.717, 1.165) is 5.57 Å². The van der Waals surface area contributed by atoms with Crippen LogP contribution in [0, 0.1) is 17.7 Å². The minimum Gasteiger partial charge on any atom is -0.376 e. The van der Waals surface area contributed by atoms with Crippen LogP contribution in [0.3, 0.4) is 0 Å². The SMILES string of the molecule is CC1(NC(=O)C2C=CC(C#Cc3cccc(F)c3)=CN2)COC1. The molecule has 1 atom stereocenters. The average Bonchev–Trinajstić information content (AvgIpc) is 2.52. The van der Waals surface area contributed by atoms with Crippen LogP contribution in [0.4, 0.5) is 4.39 Å². The standard InChI is InChI=1S/C18H17FN2O2/c1-18(11-23-12-18)21-17(22)16-8-7-14(10-20-16)6-5-13-3-2-4-15(19)9-13/h2-4,7-10,16,20H,11-12H2,1H3,(H,21,22). The molecule has 1 amide bonds. The Labute approximate surface area is 134 Å². The van der Waals surface area contributed by atoms with Crippen molar-refractivity contribution in [2.75, 3.05) is 13.2 Å². The molecule has 2 aliphatic heterocycles. The van der Waals surface area contributed by atoms with E-state index in [1.165, 1.54) is 12.1 Å². The molecule has 0 radical (unpaired) electrons. The lowest BCUT2D eigenvalue weighted by molar-refractivity contribution is -0.131. The van der Waals surface area contributed by atoms with Crippen molar-refractivity contribution in [2.45, 2.75) is 18.5 Å². The summed E-state index contributed by atoms with van der Waals surface area (Å²) in [6, 6.07) is 5.70. The van der Waals surface area contributed by atoms with E-state index >= 15 is 0 Å². The van der Waals surface area contributed by atoms with E-state index in [0.29, 0.717) is 18.8 Å². The van der Waals surface area contributed by atoms with Crippen LogP contribution in [0.25, 0.3) is 0 Å². The zero-order valence-corrected chi connectivity index (χ0v) is 12.7. The summed E-state index contributed by atoms with van der Waals surface area (Å²) in [5, 5.41) is 5.97. The number of nitrogens with one attached hydrogen (secondary N) is 2. The topological polar surface area (TPSA) is 50.4 Å². The lowest BCUT2D eigenvalue weighted by atomic mass is 9.99. The third-order valence-electron chi connectivity index (χ3n) is 3.61. The first-order valence-corrected chi connectivity index (χ1v) is 7.36. The fraction of sp³-hybridized carbons (Fsp3) is 0.278. The molecule has 1 fully saturated rings. The van der Waals surface area contributed by atoms with Crippen LogP contribution in [0.5, 0.6) is 0 Å². The van der Waals surface area contributed by atoms with Crippen LogP contribution in [0.15, 0.2) is 48.2 Å². The molecule has 2 heterocycles. The highest BCUT2D eigenvalue weighted by atomic mass is 19.1. The van der Waals surface area contributed by atoms with Gasteiger partial charge >= 0.3 is 0 Å². The van der Waals surface area contributed by atoms with Crippen molar-refractivity contribution < 1.29 is 13.9 Å². The Balaban J connectivity index is 1.59. The molecule has 0 bridgehead atoms. The van der Waals surface area contributed by atoms with Gasteiger partial charge in [-0.2, -0.15) is 0 Å². The van der Waals surface area contributed by atoms with Gasteiger partial charge in [0.2, 0.25) is 5.91 Å². The number of halogens is 1. The third-order valence-corrected chi connectivity index (χ3v) is 3.61. The van der Waals surface area contributed by atoms with E-state index in [2.05, 4.69) is 22.5 Å². The molecule has 1 aromatic carbocycles. The Hall–Kier alpha value is -2.58. The molecule has 0 aliphatic carbocycles. The Morgan fingerprint density at radius 1 is 1.43 bits per heavy atom. The smallest absolute Gasteiger partial charge is 0.247 e. The van der Waals surface area contributed by atoms with Crippen molar-refractivity contribution in [3.63, 3.8) is 0 Å². The number of carbonyl (C=O) groups excluding carboxylic acids is 1. The summed E-state index contributed by atoms with van der Waals surface area (Å²) in [5.74, 6) is 5.42. The number of ether oxygens (including phenoxy) is 1. The monoisotopic (exact) mass is 312 g/mol. The normalized spacial score (nSPS) is 21.1. The van der Waals surface area contributed by atoms with E-state index in [9.17, 15) is 9.18 Å². The predicted octanol–water partition coefficient (Wildman–Crippen LogP) is 1.49. The largest absolute Gasteiger partial charge is 0.376 e. The molecule has 3 rings (SSSR count). The zero-order chi connectivity index (χ0) is 16.3. The third kappa shape index (κ3) is 3.79. The van der Waals surface area contributed by atoms with Gasteiger partial charge in [0, 0.05) is 17.3 Å². The summed E-state index contributed by atoms with van der Waals surface area (Å²) in [6.07, 6.45) is 5.23. The molecule has 23 heavy (non-hydrogen) atoms. The van der Waals surface area contributed by atoms with Crippen molar-refractivity contribution in [2.24, 2.45) is 0 Å². The number of rotatable bonds is 2. The summed E-state index contributed by atoms with van der Waals surface area (Å²) in [4.78, 5) is 12.1. The van der Waals surface area contributed by atoms with Gasteiger partial charge in [-0.15, -0.1) is 0 Å². The van der Waals surface area contributed by atoms with E-state index in [-0.39, 0.29) is 17.3 Å². The summed E-state index contributed by atoms with van der Waals surface area (Å²) in [5.41, 5.74) is 1.07. The fourth-order valence-corrected chi connectivity index (χ4v) is 2.29. The summed E-state index contributed by atoms with van der Waals surface area (Å²) < 4.78 is 18.2. The molecule has 4 nitrogen and oxygen atoms in total. The molecule has 5 heteroatoms. The van der Waals surface area contributed by atoms with Gasteiger partial charge in [-0.05, 0) is 31.2 Å². The predicted molar refractivity (Wildman–Crippen MR) is 84.8 cm³/mol. The molecule has 118 valence electrons. The molecule has 0 saturated carbocycles. The Morgan fingerprint density at radius 2 is 2.26 bits per heavy atom. The molecular weight excluding hydrogens is 295 g/mol. The van der Waals surface area contributed by atoms with E-state index in [1.54, 1.807) is 30.5 Å². The highest BCUT2D eigenvalue weighted by molar-refractivity contribution is 5.85. The molecule has 0 aromatic heterocycles. The molecule has 1 unspecified atom stereocenters. The molecule has 1 saturated heterocycles. The quantitative estimate of drug-likeness (QED) is 0.814. The van der Waals surface area contributed by atoms with Crippen molar-refractivity contribution in [1.82, 2.24) is 10.6 Å². The average molecular weight is 312 g/mol. The summed E-state index contributed by atoms with van der Waals surface area (Å²) in [6.45, 7) is 3.03. The van der Waals surface area contributed by atoms with Crippen LogP contribution < -0.4 is 10.6 Å². The van der Waals surface area contributed by atoms with Crippen LogP contribution in [-0.2, 0) is 9.53 Å². The van der Waals surface area contributed by atoms with Crippen molar-refractivity contribution in [1.29, 1.82) is 0 Å². The van der Waals surface area contributed by atoms with Gasteiger partial charge < -0.3 is 15.4 Å². The number of carbonyl (C=O) groups is 1. The number of benzene rings is 1. The van der Waals surface area contributed by atoms with Gasteiger partial charge in [-0.25, -0.2) is 4.39 Å². The van der Waals surface area contributed by atoms with E-state index in [4.69, 9.17) is 4.74 Å². The number of amides is 1. The first-order chi connectivity index (χ1) is 11.0. The second-order valence-corrected chi connectivity index (χ2v) is 5.91. The van der Waals surface area contributed by atoms with E-state index < -0.39 is 6.04 Å². The van der Waals surface area contributed by atoms with Crippen LogP contribution in [-0.4, -0.2) is 30.7 Å². The number of allylic oxidation sites excluding steroid dienone is 2. The minimum atomic E-state index is -0.424. The van der Waals surface area contributed by atoms with E-state index in [1.807, 2.05) is 6.92 Å². The fourth-order valence-electron chi connectivity index (χ4n) is 2.29. The Kier molecular flexibility index (Phi) is 4.18. The van der Waals surface area contributed by atoms with Crippen LogP contribution >= 0.6 is 0 Å². The van der Waals surface area contributed by atoms with Gasteiger partial charge in [0.1, 0.15) is 11.9 Å². The van der Waals surface area contributed by atoms with Crippen LogP contribution in [0.1, 0.15) is 12.5 Å². The van der Waals surface area contributed by atoms with Gasteiger partial charge in [-0.3, -0.25) is 4.79 Å². The van der Waals surface area contributed by atoms with Crippen molar-refractivity contribution in [3.05, 3.63) is 59.6 Å². The zero-order valence-electron chi connectivity index (χ0n) is 12.7. The van der Waals surface area contributed by atoms with Gasteiger partial charge in [0.25, 0.3) is 0 Å². The lowest BCUT2D eigenvalue weighted by Gasteiger charge is -2.39. The first-order valence-electron chi connectivity index (χ1n) is 7.36. The second-order valence-electron chi connectivity index (χ2n) is 5.91. The summed E-state index contributed by atoms with van der Waals surface area (Å²) in [7, 11) is 0. The maximum absolute atomic E-state index is 13.1. The summed E-state index contributed by atoms with van der Waals surface area (Å²) >= 11 is 0. The van der Waals surface area contributed by atoms with Crippen molar-refractivity contribution in [3.8, 4) is 11.8 Å². The van der Waals surface area contributed by atoms with Gasteiger partial charge in [0.05, 0.1) is 18.8 Å². The molecule has 2 N–H and O–H groups in total. The minimum absolute atomic E-state index is 0.0968. The molecule has 2 aliphatic rings. The maximum atomic E-state index is 13.1. The van der Waals surface area contributed by atoms with Gasteiger partial charge in [-0.1, -0.05) is 24.0 Å².